The van der Waals surface area contributed by atoms with Crippen LogP contribution in [0, 0.1) is 0 Å². The average Bonchev–Trinajstić information content (AvgIpc) is 2.38. The molecule has 1 heterocycles. The number of rotatable bonds is 5. The average molecular weight is 261 g/mol. The van der Waals surface area contributed by atoms with Crippen LogP contribution in [0.4, 0.5) is 0 Å². The third-order valence-corrected chi connectivity index (χ3v) is 4.95. The quantitative estimate of drug-likeness (QED) is 0.334. The Morgan fingerprint density at radius 1 is 1.59 bits per heavy atom. The largest absolute Gasteiger partial charge is 0.409 e. The summed E-state index contributed by atoms with van der Waals surface area (Å²) in [5.41, 5.74) is 5.80. The van der Waals surface area contributed by atoms with Gasteiger partial charge in [-0.15, -0.1) is 0 Å². The van der Waals surface area contributed by atoms with Crippen molar-refractivity contribution < 1.29 is 9.94 Å². The molecule has 0 radical (unpaired) electrons. The number of nitrogens with zero attached hydrogens (tertiary/aromatic N) is 2. The summed E-state index contributed by atoms with van der Waals surface area (Å²) in [7, 11) is 1.73. The van der Waals surface area contributed by atoms with Gasteiger partial charge in [0.2, 0.25) is 0 Å². The molecule has 17 heavy (non-hydrogen) atoms. The Labute approximate surface area is 107 Å². The molecule has 0 aromatic rings. The van der Waals surface area contributed by atoms with Gasteiger partial charge in [0.1, 0.15) is 0 Å². The van der Waals surface area contributed by atoms with Crippen LogP contribution in [0.2, 0.25) is 0 Å². The van der Waals surface area contributed by atoms with Crippen LogP contribution < -0.4 is 5.73 Å². The van der Waals surface area contributed by atoms with Crippen LogP contribution in [0.5, 0.6) is 0 Å². The molecule has 100 valence electrons. The molecule has 0 amide bonds. The Balaban J connectivity index is 2.54. The highest BCUT2D eigenvalue weighted by atomic mass is 32.2. The van der Waals surface area contributed by atoms with E-state index in [2.05, 4.69) is 17.0 Å². The van der Waals surface area contributed by atoms with E-state index in [4.69, 9.17) is 15.7 Å². The van der Waals surface area contributed by atoms with E-state index in [0.717, 1.165) is 32.5 Å². The molecule has 0 aromatic heterocycles. The zero-order chi connectivity index (χ0) is 12.9. The maximum absolute atomic E-state index is 8.85. The van der Waals surface area contributed by atoms with Gasteiger partial charge in [0, 0.05) is 26.7 Å². The van der Waals surface area contributed by atoms with Crippen molar-refractivity contribution in [1.29, 1.82) is 0 Å². The molecule has 0 spiro atoms. The number of likely N-dealkylation sites (tertiary alicyclic amines) is 1. The van der Waals surface area contributed by atoms with Crippen molar-refractivity contribution in [1.82, 2.24) is 4.90 Å². The van der Waals surface area contributed by atoms with Crippen LogP contribution in [0.1, 0.15) is 19.8 Å². The number of hydrogen-bond acceptors (Lipinski definition) is 5. The van der Waals surface area contributed by atoms with Gasteiger partial charge in [-0.3, -0.25) is 0 Å². The summed E-state index contributed by atoms with van der Waals surface area (Å²) in [5.74, 6) is 0.351. The van der Waals surface area contributed by atoms with E-state index < -0.39 is 0 Å². The van der Waals surface area contributed by atoms with E-state index in [9.17, 15) is 0 Å². The first-order valence-electron chi connectivity index (χ1n) is 5.86. The second-order valence-electron chi connectivity index (χ2n) is 4.53. The summed E-state index contributed by atoms with van der Waals surface area (Å²) < 4.78 is 5.07. The van der Waals surface area contributed by atoms with Crippen molar-refractivity contribution in [3.05, 3.63) is 0 Å². The van der Waals surface area contributed by atoms with E-state index in [1.165, 1.54) is 0 Å². The summed E-state index contributed by atoms with van der Waals surface area (Å²) in [6.45, 7) is 4.94. The van der Waals surface area contributed by atoms with Gasteiger partial charge in [-0.05, 0) is 26.0 Å². The van der Waals surface area contributed by atoms with Crippen LogP contribution in [0.25, 0.3) is 0 Å². The van der Waals surface area contributed by atoms with Crippen molar-refractivity contribution in [3.8, 4) is 0 Å². The minimum Gasteiger partial charge on any atom is -0.409 e. The molecule has 0 aliphatic carbocycles. The van der Waals surface area contributed by atoms with E-state index in [1.54, 1.807) is 18.9 Å². The summed E-state index contributed by atoms with van der Waals surface area (Å²) in [6.07, 6.45) is 4.10. The van der Waals surface area contributed by atoms with Gasteiger partial charge in [-0.1, -0.05) is 5.16 Å². The fourth-order valence-corrected chi connectivity index (χ4v) is 3.03. The smallest absolute Gasteiger partial charge is 0.155 e. The first-order chi connectivity index (χ1) is 8.07. The van der Waals surface area contributed by atoms with E-state index in [-0.39, 0.29) is 10.9 Å². The maximum atomic E-state index is 8.85. The molecule has 1 saturated heterocycles. The van der Waals surface area contributed by atoms with Crippen LogP contribution in [0.3, 0.4) is 0 Å². The van der Waals surface area contributed by atoms with E-state index >= 15 is 0 Å². The van der Waals surface area contributed by atoms with Gasteiger partial charge < -0.3 is 20.6 Å². The molecule has 5 nitrogen and oxygen atoms in total. The summed E-state index contributed by atoms with van der Waals surface area (Å²) in [6, 6.07) is 0. The van der Waals surface area contributed by atoms with Crippen molar-refractivity contribution in [2.75, 3.05) is 33.0 Å². The van der Waals surface area contributed by atoms with Gasteiger partial charge in [-0.25, -0.2) is 0 Å². The highest BCUT2D eigenvalue weighted by molar-refractivity contribution is 8.00. The van der Waals surface area contributed by atoms with Gasteiger partial charge >= 0.3 is 0 Å². The van der Waals surface area contributed by atoms with E-state index in [1.807, 2.05) is 6.26 Å². The predicted molar refractivity (Wildman–Crippen MR) is 71.8 cm³/mol. The number of nitrogens with two attached hydrogens (primary N) is 1. The summed E-state index contributed by atoms with van der Waals surface area (Å²) in [4.78, 5) is 2.37. The zero-order valence-corrected chi connectivity index (χ0v) is 11.7. The Morgan fingerprint density at radius 2 is 2.18 bits per heavy atom. The second kappa shape index (κ2) is 6.47. The SMILES string of the molecule is COC(C)CN1CCC(SC)(C(N)=NO)CC1. The standard InChI is InChI=1S/C11H23N3O2S/c1-9(16-2)8-14-6-4-11(17-3,5-7-14)10(12)13-15/h9,15H,4-8H2,1-3H3,(H2,12,13). The molecule has 0 aromatic carbocycles. The fraction of sp³-hybridized carbons (Fsp3) is 0.909. The first-order valence-corrected chi connectivity index (χ1v) is 7.08. The van der Waals surface area contributed by atoms with Gasteiger partial charge in [0.25, 0.3) is 0 Å². The molecular formula is C11H23N3O2S. The maximum Gasteiger partial charge on any atom is 0.155 e. The number of piperidine rings is 1. The molecule has 0 saturated carbocycles. The third-order valence-electron chi connectivity index (χ3n) is 3.55. The zero-order valence-electron chi connectivity index (χ0n) is 10.8. The number of thioether (sulfide) groups is 1. The normalized spacial score (nSPS) is 23.6. The molecule has 0 bridgehead atoms. The van der Waals surface area contributed by atoms with Crippen molar-refractivity contribution in [2.24, 2.45) is 10.9 Å². The van der Waals surface area contributed by atoms with Crippen LogP contribution in [-0.4, -0.2) is 59.8 Å². The number of ether oxygens (including phenoxy) is 1. The molecule has 1 aliphatic rings. The number of amidine groups is 1. The highest BCUT2D eigenvalue weighted by Crippen LogP contribution is 2.34. The minimum atomic E-state index is -0.193. The third kappa shape index (κ3) is 3.50. The number of methoxy groups -OCH3 is 1. The number of hydrogen-bond donors (Lipinski definition) is 2. The van der Waals surface area contributed by atoms with Crippen molar-refractivity contribution in [2.45, 2.75) is 30.6 Å². The molecule has 1 rings (SSSR count). The van der Waals surface area contributed by atoms with Gasteiger partial charge in [-0.2, -0.15) is 11.8 Å². The Kier molecular flexibility index (Phi) is 5.55. The predicted octanol–water partition coefficient (Wildman–Crippen LogP) is 0.965. The molecule has 3 N–H and O–H groups in total. The topological polar surface area (TPSA) is 71.1 Å². The van der Waals surface area contributed by atoms with Gasteiger partial charge in [0.15, 0.2) is 5.84 Å². The number of oxime groups is 1. The molecule has 1 atom stereocenters. The Bertz CT molecular complexity index is 265. The van der Waals surface area contributed by atoms with E-state index in [0.29, 0.717) is 5.84 Å². The fourth-order valence-electron chi connectivity index (χ4n) is 2.19. The Hall–Kier alpha value is -0.460. The molecule has 1 unspecified atom stereocenters. The molecular weight excluding hydrogens is 238 g/mol. The highest BCUT2D eigenvalue weighted by Gasteiger charge is 2.38. The van der Waals surface area contributed by atoms with Crippen molar-refractivity contribution in [3.63, 3.8) is 0 Å². The monoisotopic (exact) mass is 261 g/mol. The van der Waals surface area contributed by atoms with Crippen LogP contribution >= 0.6 is 11.8 Å². The lowest BCUT2D eigenvalue weighted by Gasteiger charge is -2.40. The second-order valence-corrected chi connectivity index (χ2v) is 5.72. The Morgan fingerprint density at radius 3 is 2.59 bits per heavy atom. The lowest BCUT2D eigenvalue weighted by Crippen LogP contribution is -2.51. The lowest BCUT2D eigenvalue weighted by molar-refractivity contribution is 0.0685. The molecule has 6 heteroatoms. The summed E-state index contributed by atoms with van der Waals surface area (Å²) >= 11 is 1.68. The minimum absolute atomic E-state index is 0.193. The van der Waals surface area contributed by atoms with Crippen LogP contribution in [-0.2, 0) is 4.74 Å². The van der Waals surface area contributed by atoms with Crippen LogP contribution in [0.15, 0.2) is 5.16 Å². The van der Waals surface area contributed by atoms with Crippen molar-refractivity contribution >= 4 is 17.6 Å². The molecule has 1 fully saturated rings. The first kappa shape index (κ1) is 14.6. The molecule has 1 aliphatic heterocycles. The summed E-state index contributed by atoms with van der Waals surface area (Å²) in [5, 5.41) is 12.0. The lowest BCUT2D eigenvalue weighted by atomic mass is 9.94. The van der Waals surface area contributed by atoms with Gasteiger partial charge in [0.05, 0.1) is 10.9 Å².